The number of carbonyl (C=O) groups excluding carboxylic acids is 1. The highest BCUT2D eigenvalue weighted by Gasteiger charge is 2.22. The first-order valence-electron chi connectivity index (χ1n) is 5.57. The molecule has 0 fully saturated rings. The average molecular weight is 252 g/mol. The smallest absolute Gasteiger partial charge is 0.325 e. The van der Waals surface area contributed by atoms with E-state index in [9.17, 15) is 14.9 Å². The van der Waals surface area contributed by atoms with E-state index in [1.54, 1.807) is 24.0 Å². The largest absolute Gasteiger partial charge is 0.468 e. The van der Waals surface area contributed by atoms with Crippen molar-refractivity contribution in [2.24, 2.45) is 0 Å². The summed E-state index contributed by atoms with van der Waals surface area (Å²) in [5, 5.41) is 11.0. The van der Waals surface area contributed by atoms with Crippen molar-refractivity contribution >= 4 is 17.3 Å². The molecule has 6 heteroatoms. The quantitative estimate of drug-likeness (QED) is 0.454. The molecule has 0 aliphatic carbocycles. The molecule has 0 N–H and O–H groups in total. The number of aryl methyl sites for hydroxylation is 1. The summed E-state index contributed by atoms with van der Waals surface area (Å²) in [7, 11) is 1.29. The third-order valence-corrected chi connectivity index (χ3v) is 2.66. The first-order chi connectivity index (χ1) is 8.51. The van der Waals surface area contributed by atoms with Gasteiger partial charge >= 0.3 is 5.97 Å². The number of methoxy groups -OCH3 is 1. The van der Waals surface area contributed by atoms with Gasteiger partial charge in [0.25, 0.3) is 5.69 Å². The van der Waals surface area contributed by atoms with E-state index in [2.05, 4.69) is 4.74 Å². The van der Waals surface area contributed by atoms with Crippen LogP contribution in [0.5, 0.6) is 0 Å². The minimum absolute atomic E-state index is 0.000697. The molecule has 0 radical (unpaired) electrons. The Hall–Kier alpha value is -2.11. The molecule has 1 aromatic rings. The van der Waals surface area contributed by atoms with Gasteiger partial charge in [0.15, 0.2) is 0 Å². The minimum atomic E-state index is -0.442. The Balaban J connectivity index is 3.19. The van der Waals surface area contributed by atoms with E-state index in [1.807, 2.05) is 6.92 Å². The number of nitro groups is 1. The molecule has 98 valence electrons. The SMILES string of the molecule is CCN(CC(=O)OC)c1c(C)cccc1[N+](=O)[O-]. The molecule has 0 spiro atoms. The Labute approximate surface area is 105 Å². The van der Waals surface area contributed by atoms with E-state index < -0.39 is 10.9 Å². The van der Waals surface area contributed by atoms with Gasteiger partial charge in [-0.3, -0.25) is 14.9 Å². The van der Waals surface area contributed by atoms with Gasteiger partial charge in [-0.1, -0.05) is 12.1 Å². The first-order valence-corrected chi connectivity index (χ1v) is 5.57. The van der Waals surface area contributed by atoms with E-state index >= 15 is 0 Å². The van der Waals surface area contributed by atoms with Crippen LogP contribution in [0.2, 0.25) is 0 Å². The van der Waals surface area contributed by atoms with Crippen molar-refractivity contribution in [1.29, 1.82) is 0 Å². The summed E-state index contributed by atoms with van der Waals surface area (Å²) < 4.78 is 4.59. The molecule has 0 amide bonds. The Morgan fingerprint density at radius 2 is 2.17 bits per heavy atom. The van der Waals surface area contributed by atoms with Gasteiger partial charge in [-0.15, -0.1) is 0 Å². The molecule has 0 aliphatic rings. The van der Waals surface area contributed by atoms with Crippen molar-refractivity contribution in [2.75, 3.05) is 25.1 Å². The van der Waals surface area contributed by atoms with E-state index in [1.165, 1.54) is 13.2 Å². The minimum Gasteiger partial charge on any atom is -0.468 e. The van der Waals surface area contributed by atoms with Crippen molar-refractivity contribution < 1.29 is 14.5 Å². The lowest BCUT2D eigenvalue weighted by Gasteiger charge is -2.23. The number of hydrogen-bond donors (Lipinski definition) is 0. The molecule has 0 aromatic heterocycles. The average Bonchev–Trinajstić information content (AvgIpc) is 2.35. The summed E-state index contributed by atoms with van der Waals surface area (Å²) in [5.74, 6) is -0.422. The third-order valence-electron chi connectivity index (χ3n) is 2.66. The van der Waals surface area contributed by atoms with Crippen LogP contribution in [0.4, 0.5) is 11.4 Å². The monoisotopic (exact) mass is 252 g/mol. The van der Waals surface area contributed by atoms with Crippen LogP contribution < -0.4 is 4.90 Å². The van der Waals surface area contributed by atoms with Crippen molar-refractivity contribution in [2.45, 2.75) is 13.8 Å². The molecule has 0 atom stereocenters. The van der Waals surface area contributed by atoms with Crippen LogP contribution in [0.25, 0.3) is 0 Å². The van der Waals surface area contributed by atoms with E-state index in [0.29, 0.717) is 12.2 Å². The fourth-order valence-corrected chi connectivity index (χ4v) is 1.77. The number of nitrogens with zero attached hydrogens (tertiary/aromatic N) is 2. The van der Waals surface area contributed by atoms with Crippen molar-refractivity contribution in [3.05, 3.63) is 33.9 Å². The van der Waals surface area contributed by atoms with E-state index in [4.69, 9.17) is 0 Å². The maximum Gasteiger partial charge on any atom is 0.325 e. The zero-order chi connectivity index (χ0) is 13.7. The highest BCUT2D eigenvalue weighted by molar-refractivity contribution is 5.78. The Morgan fingerprint density at radius 1 is 1.50 bits per heavy atom. The van der Waals surface area contributed by atoms with Crippen LogP contribution in [0.15, 0.2) is 18.2 Å². The van der Waals surface area contributed by atoms with Crippen LogP contribution in [0.1, 0.15) is 12.5 Å². The van der Waals surface area contributed by atoms with Gasteiger partial charge < -0.3 is 9.64 Å². The number of hydrogen-bond acceptors (Lipinski definition) is 5. The number of esters is 1. The molecule has 1 aromatic carbocycles. The number of anilines is 1. The van der Waals surface area contributed by atoms with Crippen LogP contribution in [0, 0.1) is 17.0 Å². The maximum absolute atomic E-state index is 11.3. The zero-order valence-corrected chi connectivity index (χ0v) is 10.7. The Kier molecular flexibility index (Phi) is 4.65. The number of carbonyl (C=O) groups is 1. The molecule has 0 saturated heterocycles. The molecule has 0 heterocycles. The summed E-state index contributed by atoms with van der Waals surface area (Å²) in [6.45, 7) is 4.10. The maximum atomic E-state index is 11.3. The summed E-state index contributed by atoms with van der Waals surface area (Å²) >= 11 is 0. The van der Waals surface area contributed by atoms with Crippen LogP contribution in [0.3, 0.4) is 0 Å². The molecule has 18 heavy (non-hydrogen) atoms. The highest BCUT2D eigenvalue weighted by atomic mass is 16.6. The fourth-order valence-electron chi connectivity index (χ4n) is 1.77. The second kappa shape index (κ2) is 6.00. The molecular weight excluding hydrogens is 236 g/mol. The van der Waals surface area contributed by atoms with E-state index in [0.717, 1.165) is 5.56 Å². The van der Waals surface area contributed by atoms with Gasteiger partial charge in [-0.25, -0.2) is 0 Å². The van der Waals surface area contributed by atoms with Gasteiger partial charge in [0.05, 0.1) is 12.0 Å². The predicted molar refractivity (Wildman–Crippen MR) is 67.7 cm³/mol. The normalized spacial score (nSPS) is 9.94. The van der Waals surface area contributed by atoms with Gasteiger partial charge in [-0.2, -0.15) is 0 Å². The van der Waals surface area contributed by atoms with E-state index in [-0.39, 0.29) is 12.2 Å². The number of benzene rings is 1. The lowest BCUT2D eigenvalue weighted by Crippen LogP contribution is -2.31. The Morgan fingerprint density at radius 3 is 2.67 bits per heavy atom. The number of likely N-dealkylation sites (N-methyl/N-ethyl adjacent to an activating group) is 1. The summed E-state index contributed by atoms with van der Waals surface area (Å²) in [4.78, 5) is 23.5. The highest BCUT2D eigenvalue weighted by Crippen LogP contribution is 2.31. The standard InChI is InChI=1S/C12H16N2O4/c1-4-13(8-11(15)18-3)12-9(2)6-5-7-10(12)14(16)17/h5-7H,4,8H2,1-3H3. The molecule has 1 rings (SSSR count). The molecular formula is C12H16N2O4. The van der Waals surface area contributed by atoms with Gasteiger partial charge in [0.1, 0.15) is 12.2 Å². The zero-order valence-electron chi connectivity index (χ0n) is 10.7. The van der Waals surface area contributed by atoms with Crippen LogP contribution >= 0.6 is 0 Å². The molecule has 0 aliphatic heterocycles. The van der Waals surface area contributed by atoms with Crippen LogP contribution in [-0.2, 0) is 9.53 Å². The molecule has 0 saturated carbocycles. The van der Waals surface area contributed by atoms with Crippen molar-refractivity contribution in [1.82, 2.24) is 0 Å². The first kappa shape index (κ1) is 14.0. The van der Waals surface area contributed by atoms with Crippen molar-refractivity contribution in [3.8, 4) is 0 Å². The summed E-state index contributed by atoms with van der Waals surface area (Å²) in [6, 6.07) is 4.84. The third kappa shape index (κ3) is 2.97. The number of para-hydroxylation sites is 1. The second-order valence-electron chi connectivity index (χ2n) is 3.79. The lowest BCUT2D eigenvalue weighted by atomic mass is 10.1. The summed E-state index contributed by atoms with van der Waals surface area (Å²) in [5.41, 5.74) is 1.23. The van der Waals surface area contributed by atoms with Gasteiger partial charge in [-0.05, 0) is 19.4 Å². The molecule has 0 unspecified atom stereocenters. The van der Waals surface area contributed by atoms with Gasteiger partial charge in [0, 0.05) is 12.6 Å². The number of nitro benzene ring substituents is 1. The predicted octanol–water partition coefficient (Wildman–Crippen LogP) is 1.90. The Bertz CT molecular complexity index is 459. The molecule has 6 nitrogen and oxygen atoms in total. The summed E-state index contributed by atoms with van der Waals surface area (Å²) in [6.07, 6.45) is 0. The topological polar surface area (TPSA) is 72.7 Å². The number of ether oxygens (including phenoxy) is 1. The van der Waals surface area contributed by atoms with Gasteiger partial charge in [0.2, 0.25) is 0 Å². The number of rotatable bonds is 5. The van der Waals surface area contributed by atoms with Crippen LogP contribution in [-0.4, -0.2) is 31.1 Å². The lowest BCUT2D eigenvalue weighted by molar-refractivity contribution is -0.384. The van der Waals surface area contributed by atoms with Crippen molar-refractivity contribution in [3.63, 3.8) is 0 Å². The second-order valence-corrected chi connectivity index (χ2v) is 3.79. The molecule has 0 bridgehead atoms. The fraction of sp³-hybridized carbons (Fsp3) is 0.417.